The Labute approximate surface area is 405 Å². The lowest BCUT2D eigenvalue weighted by Gasteiger charge is -2.35. The Morgan fingerprint density at radius 2 is 1.64 bits per heavy atom. The highest BCUT2D eigenvalue weighted by atomic mass is 127. The van der Waals surface area contributed by atoms with Gasteiger partial charge in [0.15, 0.2) is 11.6 Å². The summed E-state index contributed by atoms with van der Waals surface area (Å²) in [5.74, 6) is -5.47. The van der Waals surface area contributed by atoms with Crippen molar-refractivity contribution in [2.45, 2.75) is 65.3 Å². The van der Waals surface area contributed by atoms with Crippen LogP contribution in [0.2, 0.25) is 0 Å². The Kier molecular flexibility index (Phi) is 20.7. The van der Waals surface area contributed by atoms with Crippen molar-refractivity contribution in [3.8, 4) is 10.4 Å². The van der Waals surface area contributed by atoms with Gasteiger partial charge in [0.25, 0.3) is 5.91 Å². The molecule has 0 radical (unpaired) electrons. The molecule has 3 aromatic carbocycles. The largest absolute Gasteiger partial charge is 0.391 e. The third-order valence-electron chi connectivity index (χ3n) is 10.4. The number of β-amino-alcohol motifs (C(OH)–C–C–N with tert-alkyl or cyclic N) is 1. The number of hydrogen-bond acceptors (Lipinski definition) is 13. The number of hydroxylamine groups is 1. The number of ether oxygens (including phenoxy) is 3. The molecule has 67 heavy (non-hydrogen) atoms. The number of anilines is 2. The number of halogens is 4. The number of amides is 4. The summed E-state index contributed by atoms with van der Waals surface area (Å²) in [5.41, 5.74) is 5.20. The summed E-state index contributed by atoms with van der Waals surface area (Å²) in [4.78, 5) is 64.8. The van der Waals surface area contributed by atoms with Crippen molar-refractivity contribution in [2.75, 3.05) is 71.2 Å². The molecule has 4 amide bonds. The summed E-state index contributed by atoms with van der Waals surface area (Å²) < 4.78 is 60.1. The molecule has 16 nitrogen and oxygen atoms in total. The number of hydrogen-bond donors (Lipinski definition) is 6. The average molecular weight is 1070 g/mol. The molecule has 1 fully saturated rings. The maximum Gasteiger partial charge on any atom is 0.277 e. The van der Waals surface area contributed by atoms with Crippen LogP contribution < -0.4 is 26.7 Å². The molecular formula is C46H57F3IN7O9S. The van der Waals surface area contributed by atoms with Crippen LogP contribution in [0.5, 0.6) is 0 Å². The highest BCUT2D eigenvalue weighted by Gasteiger charge is 2.44. The molecule has 1 saturated heterocycles. The lowest BCUT2D eigenvalue weighted by Crippen LogP contribution is -2.58. The van der Waals surface area contributed by atoms with Crippen molar-refractivity contribution in [3.63, 3.8) is 0 Å². The minimum Gasteiger partial charge on any atom is -0.391 e. The number of nitrogens with zero attached hydrogens (tertiary/aromatic N) is 2. The zero-order valence-corrected chi connectivity index (χ0v) is 40.7. The van der Waals surface area contributed by atoms with Crippen LogP contribution in [-0.2, 0) is 40.0 Å². The molecule has 0 saturated carbocycles. The van der Waals surface area contributed by atoms with Crippen LogP contribution in [0.25, 0.3) is 10.4 Å². The van der Waals surface area contributed by atoms with E-state index in [9.17, 15) is 37.5 Å². The maximum absolute atomic E-state index is 14.6. The second kappa shape index (κ2) is 26.1. The summed E-state index contributed by atoms with van der Waals surface area (Å²) in [7, 11) is 0. The average Bonchev–Trinajstić information content (AvgIpc) is 3.91. The summed E-state index contributed by atoms with van der Waals surface area (Å²) >= 11 is 3.47. The smallest absolute Gasteiger partial charge is 0.277 e. The van der Waals surface area contributed by atoms with Gasteiger partial charge in [-0.05, 0) is 89.4 Å². The standard InChI is InChI=1S/C46H57F3IN7O9S/c1-28-41(67-27-53-28)30-8-6-29(7-9-30)24-52-44(61)37-23-32(58)25-57(37)45(62)42(46(2,3)4)55-38(59)26-65-21-20-64-19-18-63-17-15-51-14-5-16-66-56-43(60)33-11-12-34(47)39(49)40(33)54-36-13-10-31(50)22-35(36)48/h6-13,22,27,32,37,42,51,54,58H,5,14-21,23-26H2,1-4H3,(H,52,61)(H,55,59)(H,56,60). The molecule has 21 heteroatoms. The van der Waals surface area contributed by atoms with Crippen molar-refractivity contribution >= 4 is 68.9 Å². The van der Waals surface area contributed by atoms with Gasteiger partial charge in [0.05, 0.1) is 78.8 Å². The fraction of sp³-hybridized carbons (Fsp3) is 0.457. The van der Waals surface area contributed by atoms with Gasteiger partial charge in [-0.1, -0.05) is 45.0 Å². The van der Waals surface area contributed by atoms with Crippen molar-refractivity contribution in [1.29, 1.82) is 0 Å². The Bertz CT molecular complexity index is 2290. The molecule has 2 heterocycles. The molecule has 4 aromatic rings. The van der Waals surface area contributed by atoms with Gasteiger partial charge in [-0.3, -0.25) is 24.0 Å². The second-order valence-electron chi connectivity index (χ2n) is 16.6. The highest BCUT2D eigenvalue weighted by molar-refractivity contribution is 14.1. The van der Waals surface area contributed by atoms with Gasteiger partial charge in [0, 0.05) is 29.6 Å². The van der Waals surface area contributed by atoms with Gasteiger partial charge in [-0.2, -0.15) is 0 Å². The van der Waals surface area contributed by atoms with E-state index in [-0.39, 0.29) is 63.8 Å². The first-order chi connectivity index (χ1) is 32.0. The molecule has 1 aromatic heterocycles. The lowest BCUT2D eigenvalue weighted by atomic mass is 9.85. The number of carbonyl (C=O) groups is 4. The molecule has 3 unspecified atom stereocenters. The fourth-order valence-electron chi connectivity index (χ4n) is 6.89. The SMILES string of the molecule is Cc1ncsc1-c1ccc(CNC(=O)C2CC(O)CN2C(=O)C(NC(=O)COCCOCCOCCNCCCONC(=O)c2ccc(F)c(F)c2Nc2ccc(I)cc2F)C(C)(C)C)cc1. The van der Waals surface area contributed by atoms with Gasteiger partial charge >= 0.3 is 0 Å². The Morgan fingerprint density at radius 1 is 0.925 bits per heavy atom. The number of aryl methyl sites for hydroxylation is 1. The number of likely N-dealkylation sites (tertiary alicyclic amines) is 1. The molecule has 0 spiro atoms. The third kappa shape index (κ3) is 16.2. The van der Waals surface area contributed by atoms with Gasteiger partial charge in [0.1, 0.15) is 24.5 Å². The highest BCUT2D eigenvalue weighted by Crippen LogP contribution is 2.30. The molecule has 6 N–H and O–H groups in total. The van der Waals surface area contributed by atoms with E-state index in [1.807, 2.05) is 53.8 Å². The van der Waals surface area contributed by atoms with Crippen molar-refractivity contribution in [3.05, 3.63) is 98.0 Å². The van der Waals surface area contributed by atoms with E-state index < -0.39 is 70.4 Å². The lowest BCUT2D eigenvalue weighted by molar-refractivity contribution is -0.144. The van der Waals surface area contributed by atoms with Crippen LogP contribution in [0.3, 0.4) is 0 Å². The van der Waals surface area contributed by atoms with Crippen LogP contribution in [0.4, 0.5) is 24.5 Å². The predicted octanol–water partition coefficient (Wildman–Crippen LogP) is 5.38. The minimum atomic E-state index is -1.34. The molecule has 1 aliphatic heterocycles. The number of carbonyl (C=O) groups excluding carboxylic acids is 4. The van der Waals surface area contributed by atoms with E-state index in [2.05, 4.69) is 31.7 Å². The van der Waals surface area contributed by atoms with E-state index >= 15 is 0 Å². The van der Waals surface area contributed by atoms with Gasteiger partial charge in [-0.25, -0.2) is 23.6 Å². The third-order valence-corrected chi connectivity index (χ3v) is 12.1. The molecule has 0 bridgehead atoms. The zero-order chi connectivity index (χ0) is 48.5. The Balaban J connectivity index is 0.900. The zero-order valence-electron chi connectivity index (χ0n) is 37.7. The van der Waals surface area contributed by atoms with Gasteiger partial charge < -0.3 is 45.5 Å². The number of nitrogens with one attached hydrogen (secondary N) is 5. The van der Waals surface area contributed by atoms with Crippen LogP contribution in [-0.4, -0.2) is 123 Å². The molecule has 5 rings (SSSR count). The fourth-order valence-corrected chi connectivity index (χ4v) is 8.15. The van der Waals surface area contributed by atoms with Crippen molar-refractivity contribution in [2.24, 2.45) is 5.41 Å². The summed E-state index contributed by atoms with van der Waals surface area (Å²) in [5, 5.41) is 21.8. The van der Waals surface area contributed by atoms with Crippen molar-refractivity contribution in [1.82, 2.24) is 31.3 Å². The Hall–Kier alpha value is -4.75. The monoisotopic (exact) mass is 1070 g/mol. The quantitative estimate of drug-likeness (QED) is 0.0282. The molecule has 364 valence electrons. The summed E-state index contributed by atoms with van der Waals surface area (Å²) in [6, 6.07) is 11.9. The number of thiazole rings is 1. The van der Waals surface area contributed by atoms with E-state index in [0.29, 0.717) is 36.3 Å². The van der Waals surface area contributed by atoms with Gasteiger partial charge in [0.2, 0.25) is 17.7 Å². The van der Waals surface area contributed by atoms with Crippen LogP contribution in [0.15, 0.2) is 60.1 Å². The number of aliphatic hydroxyl groups is 1. The topological polar surface area (TPSA) is 202 Å². The van der Waals surface area contributed by atoms with Crippen LogP contribution >= 0.6 is 33.9 Å². The summed E-state index contributed by atoms with van der Waals surface area (Å²) in [6.45, 7) is 9.72. The first-order valence-corrected chi connectivity index (χ1v) is 23.6. The molecule has 3 atom stereocenters. The molecular weight excluding hydrogens is 1010 g/mol. The predicted molar refractivity (Wildman–Crippen MR) is 254 cm³/mol. The van der Waals surface area contributed by atoms with E-state index in [1.54, 1.807) is 43.7 Å². The number of aromatic nitrogens is 1. The molecule has 0 aliphatic carbocycles. The van der Waals surface area contributed by atoms with E-state index in [4.69, 9.17) is 19.0 Å². The van der Waals surface area contributed by atoms with Gasteiger partial charge in [-0.15, -0.1) is 11.3 Å². The maximum atomic E-state index is 14.6. The first kappa shape index (κ1) is 53.2. The summed E-state index contributed by atoms with van der Waals surface area (Å²) in [6.07, 6.45) is -0.315. The number of benzene rings is 3. The normalized spacial score (nSPS) is 15.3. The number of aliphatic hydroxyl groups excluding tert-OH is 1. The van der Waals surface area contributed by atoms with E-state index in [1.165, 1.54) is 17.0 Å². The number of rotatable bonds is 25. The second-order valence-corrected chi connectivity index (χ2v) is 18.7. The Morgan fingerprint density at radius 3 is 2.33 bits per heavy atom. The molecule has 1 aliphatic rings. The first-order valence-electron chi connectivity index (χ1n) is 21.6. The van der Waals surface area contributed by atoms with E-state index in [0.717, 1.165) is 33.8 Å². The van der Waals surface area contributed by atoms with Crippen LogP contribution in [0.1, 0.15) is 55.2 Å². The minimum absolute atomic E-state index is 0.0383. The van der Waals surface area contributed by atoms with Crippen LogP contribution in [0, 0.1) is 33.4 Å². The van der Waals surface area contributed by atoms with Crippen molar-refractivity contribution < 1.29 is 56.5 Å².